The number of hydrogen-bond donors (Lipinski definition) is 2. The minimum atomic E-state index is -0.132. The zero-order chi connectivity index (χ0) is 12.4. The van der Waals surface area contributed by atoms with Gasteiger partial charge < -0.3 is 10.3 Å². The summed E-state index contributed by atoms with van der Waals surface area (Å²) in [6.07, 6.45) is 1.40. The van der Waals surface area contributed by atoms with Crippen LogP contribution in [-0.4, -0.2) is 9.97 Å². The van der Waals surface area contributed by atoms with Crippen molar-refractivity contribution in [1.29, 1.82) is 0 Å². The first-order valence-electron chi connectivity index (χ1n) is 5.15. The average molecular weight is 341 g/mol. The van der Waals surface area contributed by atoms with Crippen molar-refractivity contribution in [2.75, 3.05) is 5.32 Å². The molecule has 0 spiro atoms. The summed E-state index contributed by atoms with van der Waals surface area (Å²) in [5.41, 5.74) is 3.25. The standard InChI is InChI=1S/C12H12IN3O/c1-7-3-4-9(5-8(7)2)16-11-10(13)12(17)15-6-14-11/h3-6H,1-2H3,(H2,14,15,16,17). The molecule has 0 amide bonds. The van der Waals surface area contributed by atoms with Gasteiger partial charge in [-0.1, -0.05) is 6.07 Å². The summed E-state index contributed by atoms with van der Waals surface area (Å²) < 4.78 is 0.559. The predicted octanol–water partition coefficient (Wildman–Crippen LogP) is 2.73. The van der Waals surface area contributed by atoms with E-state index < -0.39 is 0 Å². The Labute approximate surface area is 113 Å². The van der Waals surface area contributed by atoms with E-state index >= 15 is 0 Å². The zero-order valence-corrected chi connectivity index (χ0v) is 11.7. The summed E-state index contributed by atoms with van der Waals surface area (Å²) >= 11 is 1.98. The SMILES string of the molecule is Cc1ccc(Nc2nc[nH]c(=O)c2I)cc1C. The second-order valence-electron chi connectivity index (χ2n) is 3.82. The molecule has 0 unspecified atom stereocenters. The lowest BCUT2D eigenvalue weighted by molar-refractivity contribution is 1.10. The molecule has 88 valence electrons. The molecule has 2 aromatic rings. The topological polar surface area (TPSA) is 57.8 Å². The van der Waals surface area contributed by atoms with E-state index in [9.17, 15) is 4.79 Å². The van der Waals surface area contributed by atoms with Crippen LogP contribution in [-0.2, 0) is 0 Å². The Morgan fingerprint density at radius 2 is 2.06 bits per heavy atom. The maximum atomic E-state index is 11.4. The van der Waals surface area contributed by atoms with Gasteiger partial charge in [-0.3, -0.25) is 4.79 Å². The van der Waals surface area contributed by atoms with Crippen molar-refractivity contribution in [3.63, 3.8) is 0 Å². The molecule has 0 bridgehead atoms. The Morgan fingerprint density at radius 1 is 1.29 bits per heavy atom. The van der Waals surface area contributed by atoms with Crippen LogP contribution in [0.3, 0.4) is 0 Å². The number of nitrogens with one attached hydrogen (secondary N) is 2. The second-order valence-corrected chi connectivity index (χ2v) is 4.90. The maximum Gasteiger partial charge on any atom is 0.266 e. The fraction of sp³-hybridized carbons (Fsp3) is 0.167. The normalized spacial score (nSPS) is 10.3. The highest BCUT2D eigenvalue weighted by Gasteiger charge is 2.05. The maximum absolute atomic E-state index is 11.4. The Bertz CT molecular complexity index is 607. The molecule has 1 aromatic carbocycles. The largest absolute Gasteiger partial charge is 0.339 e. The fourth-order valence-corrected chi connectivity index (χ4v) is 1.86. The van der Waals surface area contributed by atoms with Crippen LogP contribution in [0.2, 0.25) is 0 Å². The van der Waals surface area contributed by atoms with Crippen molar-refractivity contribution in [2.24, 2.45) is 0 Å². The third-order valence-electron chi connectivity index (χ3n) is 2.57. The molecule has 0 aliphatic heterocycles. The molecule has 4 nitrogen and oxygen atoms in total. The number of anilines is 2. The molecular weight excluding hydrogens is 329 g/mol. The highest BCUT2D eigenvalue weighted by molar-refractivity contribution is 14.1. The first-order chi connectivity index (χ1) is 8.08. The van der Waals surface area contributed by atoms with Gasteiger partial charge in [0, 0.05) is 5.69 Å². The van der Waals surface area contributed by atoms with Gasteiger partial charge in [0.1, 0.15) is 3.57 Å². The van der Waals surface area contributed by atoms with E-state index in [-0.39, 0.29) is 5.56 Å². The Balaban J connectivity index is 2.35. The number of benzene rings is 1. The molecular formula is C12H12IN3O. The zero-order valence-electron chi connectivity index (χ0n) is 9.54. The van der Waals surface area contributed by atoms with Crippen molar-refractivity contribution in [2.45, 2.75) is 13.8 Å². The van der Waals surface area contributed by atoms with Crippen LogP contribution in [0.5, 0.6) is 0 Å². The van der Waals surface area contributed by atoms with Crippen LogP contribution in [0.4, 0.5) is 11.5 Å². The summed E-state index contributed by atoms with van der Waals surface area (Å²) in [7, 11) is 0. The van der Waals surface area contributed by atoms with Crippen LogP contribution >= 0.6 is 22.6 Å². The highest BCUT2D eigenvalue weighted by Crippen LogP contribution is 2.19. The number of nitrogens with zero attached hydrogens (tertiary/aromatic N) is 1. The minimum absolute atomic E-state index is 0.132. The Kier molecular flexibility index (Phi) is 3.46. The average Bonchev–Trinajstić information content (AvgIpc) is 2.30. The highest BCUT2D eigenvalue weighted by atomic mass is 127. The second kappa shape index (κ2) is 4.87. The van der Waals surface area contributed by atoms with Crippen molar-refractivity contribution < 1.29 is 0 Å². The van der Waals surface area contributed by atoms with Crippen LogP contribution in [0, 0.1) is 17.4 Å². The van der Waals surface area contributed by atoms with E-state index in [1.807, 2.05) is 40.8 Å². The predicted molar refractivity (Wildman–Crippen MR) is 76.8 cm³/mol. The van der Waals surface area contributed by atoms with E-state index in [1.165, 1.54) is 17.5 Å². The molecule has 2 N–H and O–H groups in total. The number of aromatic nitrogens is 2. The molecule has 0 atom stereocenters. The van der Waals surface area contributed by atoms with Crippen molar-refractivity contribution in [1.82, 2.24) is 9.97 Å². The molecule has 5 heteroatoms. The van der Waals surface area contributed by atoms with Gasteiger partial charge in [0.05, 0.1) is 6.33 Å². The van der Waals surface area contributed by atoms with Crippen molar-refractivity contribution in [3.05, 3.63) is 49.6 Å². The molecule has 2 rings (SSSR count). The third-order valence-corrected chi connectivity index (χ3v) is 3.57. The summed E-state index contributed by atoms with van der Waals surface area (Å²) in [6, 6.07) is 6.05. The number of aromatic amines is 1. The van der Waals surface area contributed by atoms with E-state index in [1.54, 1.807) is 0 Å². The molecule has 0 saturated carbocycles. The van der Waals surface area contributed by atoms with Crippen molar-refractivity contribution >= 4 is 34.1 Å². The van der Waals surface area contributed by atoms with Crippen LogP contribution in [0.1, 0.15) is 11.1 Å². The first kappa shape index (κ1) is 12.1. The lowest BCUT2D eigenvalue weighted by Crippen LogP contribution is -2.12. The quantitative estimate of drug-likeness (QED) is 0.826. The number of H-pyrrole nitrogens is 1. The lowest BCUT2D eigenvalue weighted by Gasteiger charge is -2.08. The number of hydrogen-bond acceptors (Lipinski definition) is 3. The number of halogens is 1. The van der Waals surface area contributed by atoms with Gasteiger partial charge in [-0.15, -0.1) is 0 Å². The van der Waals surface area contributed by atoms with Crippen molar-refractivity contribution in [3.8, 4) is 0 Å². The van der Waals surface area contributed by atoms with Gasteiger partial charge in [0.15, 0.2) is 5.82 Å². The van der Waals surface area contributed by atoms with E-state index in [2.05, 4.69) is 29.1 Å². The molecule has 0 fully saturated rings. The Morgan fingerprint density at radius 3 is 2.76 bits per heavy atom. The van der Waals surface area contributed by atoms with E-state index in [0.29, 0.717) is 9.39 Å². The molecule has 0 aliphatic carbocycles. The third kappa shape index (κ3) is 2.66. The Hall–Kier alpha value is -1.37. The van der Waals surface area contributed by atoms with Gasteiger partial charge >= 0.3 is 0 Å². The van der Waals surface area contributed by atoms with Gasteiger partial charge in [-0.25, -0.2) is 4.98 Å². The van der Waals surface area contributed by atoms with Crippen LogP contribution in [0.15, 0.2) is 29.3 Å². The summed E-state index contributed by atoms with van der Waals surface area (Å²) in [6.45, 7) is 4.12. The molecule has 0 saturated heterocycles. The van der Waals surface area contributed by atoms with Gasteiger partial charge in [-0.05, 0) is 59.7 Å². The van der Waals surface area contributed by atoms with Crippen LogP contribution in [0.25, 0.3) is 0 Å². The van der Waals surface area contributed by atoms with Crippen LogP contribution < -0.4 is 10.9 Å². The molecule has 1 heterocycles. The molecule has 1 aromatic heterocycles. The fourth-order valence-electron chi connectivity index (χ4n) is 1.43. The van der Waals surface area contributed by atoms with Gasteiger partial charge in [0.25, 0.3) is 5.56 Å². The molecule has 0 aliphatic rings. The van der Waals surface area contributed by atoms with Gasteiger partial charge in [-0.2, -0.15) is 0 Å². The van der Waals surface area contributed by atoms with E-state index in [4.69, 9.17) is 0 Å². The first-order valence-corrected chi connectivity index (χ1v) is 6.23. The monoisotopic (exact) mass is 341 g/mol. The molecule has 0 radical (unpaired) electrons. The summed E-state index contributed by atoms with van der Waals surface area (Å²) in [5.74, 6) is 0.581. The number of rotatable bonds is 2. The number of aryl methyl sites for hydroxylation is 2. The van der Waals surface area contributed by atoms with E-state index in [0.717, 1.165) is 5.69 Å². The lowest BCUT2D eigenvalue weighted by atomic mass is 10.1. The minimum Gasteiger partial charge on any atom is -0.339 e. The molecule has 17 heavy (non-hydrogen) atoms. The summed E-state index contributed by atoms with van der Waals surface area (Å²) in [5, 5.41) is 3.14. The smallest absolute Gasteiger partial charge is 0.266 e. The summed E-state index contributed by atoms with van der Waals surface area (Å²) in [4.78, 5) is 18.1. The van der Waals surface area contributed by atoms with Gasteiger partial charge in [0.2, 0.25) is 0 Å².